The maximum absolute atomic E-state index is 12.6. The van der Waals surface area contributed by atoms with Gasteiger partial charge >= 0.3 is 0 Å². The Morgan fingerprint density at radius 2 is 2.11 bits per heavy atom. The summed E-state index contributed by atoms with van der Waals surface area (Å²) in [6.45, 7) is 2.59. The van der Waals surface area contributed by atoms with E-state index >= 15 is 0 Å². The predicted molar refractivity (Wildman–Crippen MR) is 108 cm³/mol. The van der Waals surface area contributed by atoms with Crippen LogP contribution in [0.2, 0.25) is 5.02 Å². The number of nitrogens with zero attached hydrogens (tertiary/aromatic N) is 1. The lowest BCUT2D eigenvalue weighted by atomic mass is 10.2. The van der Waals surface area contributed by atoms with Crippen molar-refractivity contribution in [2.24, 2.45) is 0 Å². The number of hydrogen-bond donors (Lipinski definition) is 1. The zero-order valence-corrected chi connectivity index (χ0v) is 17.1. The molecule has 0 saturated carbocycles. The van der Waals surface area contributed by atoms with Crippen LogP contribution in [0.5, 0.6) is 11.5 Å². The van der Waals surface area contributed by atoms with Crippen LogP contribution in [0.25, 0.3) is 0 Å². The number of sulfonamides is 1. The van der Waals surface area contributed by atoms with E-state index < -0.39 is 22.0 Å². The molecule has 0 fully saturated rings. The molecule has 1 aliphatic heterocycles. The molecule has 0 spiro atoms. The Morgan fingerprint density at radius 1 is 1.32 bits per heavy atom. The highest BCUT2D eigenvalue weighted by molar-refractivity contribution is 7.92. The standard InChI is InChI=1S/C19H21ClN2O5S/c1-3-26-15-6-4-5-13(9-15)11-21-19(23)18-12-22(28(2,24)25)16-10-14(20)7-8-17(16)27-18/h4-10,18H,3,11-12H2,1-2H3,(H,21,23). The second kappa shape index (κ2) is 8.28. The van der Waals surface area contributed by atoms with Gasteiger partial charge in [0.1, 0.15) is 11.5 Å². The number of anilines is 1. The van der Waals surface area contributed by atoms with E-state index in [-0.39, 0.29) is 13.1 Å². The number of rotatable bonds is 6. The van der Waals surface area contributed by atoms with Gasteiger partial charge in [0.25, 0.3) is 5.91 Å². The second-order valence-corrected chi connectivity index (χ2v) is 8.65. The number of carbonyl (C=O) groups is 1. The summed E-state index contributed by atoms with van der Waals surface area (Å²) in [5.41, 5.74) is 1.19. The SMILES string of the molecule is CCOc1cccc(CNC(=O)C2CN(S(C)(=O)=O)c3cc(Cl)ccc3O2)c1. The van der Waals surface area contributed by atoms with Crippen LogP contribution in [-0.4, -0.2) is 39.8 Å². The highest BCUT2D eigenvalue weighted by atomic mass is 35.5. The van der Waals surface area contributed by atoms with Gasteiger partial charge in [0.15, 0.2) is 6.10 Å². The highest BCUT2D eigenvalue weighted by Gasteiger charge is 2.35. The molecule has 0 saturated heterocycles. The molecule has 0 aliphatic carbocycles. The lowest BCUT2D eigenvalue weighted by Gasteiger charge is -2.34. The summed E-state index contributed by atoms with van der Waals surface area (Å²) in [7, 11) is -3.60. The van der Waals surface area contributed by atoms with Crippen molar-refractivity contribution in [2.75, 3.05) is 23.7 Å². The molecular weight excluding hydrogens is 404 g/mol. The van der Waals surface area contributed by atoms with Crippen molar-refractivity contribution in [2.45, 2.75) is 19.6 Å². The fourth-order valence-corrected chi connectivity index (χ4v) is 3.96. The Hall–Kier alpha value is -2.45. The lowest BCUT2D eigenvalue weighted by Crippen LogP contribution is -2.50. The first-order valence-corrected chi connectivity index (χ1v) is 10.9. The lowest BCUT2D eigenvalue weighted by molar-refractivity contribution is -0.127. The quantitative estimate of drug-likeness (QED) is 0.770. The Morgan fingerprint density at radius 3 is 2.82 bits per heavy atom. The van der Waals surface area contributed by atoms with Gasteiger partial charge in [0.2, 0.25) is 10.0 Å². The minimum Gasteiger partial charge on any atom is -0.494 e. The summed E-state index contributed by atoms with van der Waals surface area (Å²) >= 11 is 5.98. The maximum Gasteiger partial charge on any atom is 0.263 e. The average Bonchev–Trinajstić information content (AvgIpc) is 2.65. The van der Waals surface area contributed by atoms with Gasteiger partial charge < -0.3 is 14.8 Å². The predicted octanol–water partition coefficient (Wildman–Crippen LogP) is 2.58. The van der Waals surface area contributed by atoms with Crippen molar-refractivity contribution in [1.29, 1.82) is 0 Å². The molecule has 9 heteroatoms. The van der Waals surface area contributed by atoms with Crippen LogP contribution in [0.1, 0.15) is 12.5 Å². The van der Waals surface area contributed by atoms with Crippen LogP contribution in [-0.2, 0) is 21.4 Å². The van der Waals surface area contributed by atoms with Gasteiger partial charge in [-0.05, 0) is 42.8 Å². The molecule has 2 aromatic rings. The minimum absolute atomic E-state index is 0.128. The van der Waals surface area contributed by atoms with Crippen molar-refractivity contribution in [1.82, 2.24) is 5.32 Å². The number of amides is 1. The van der Waals surface area contributed by atoms with E-state index in [1.807, 2.05) is 31.2 Å². The van der Waals surface area contributed by atoms with Gasteiger partial charge in [-0.2, -0.15) is 0 Å². The Labute approximate surface area is 169 Å². The zero-order chi connectivity index (χ0) is 20.3. The van der Waals surface area contributed by atoms with E-state index in [0.29, 0.717) is 23.1 Å². The third kappa shape index (κ3) is 4.69. The molecule has 0 aromatic heterocycles. The van der Waals surface area contributed by atoms with Gasteiger partial charge in [0, 0.05) is 11.6 Å². The minimum atomic E-state index is -3.60. The third-order valence-corrected chi connectivity index (χ3v) is 5.54. The fourth-order valence-electron chi connectivity index (χ4n) is 2.89. The van der Waals surface area contributed by atoms with E-state index in [4.69, 9.17) is 21.1 Å². The monoisotopic (exact) mass is 424 g/mol. The van der Waals surface area contributed by atoms with Gasteiger partial charge in [-0.3, -0.25) is 9.10 Å². The van der Waals surface area contributed by atoms with Crippen molar-refractivity contribution < 1.29 is 22.7 Å². The molecule has 1 aliphatic rings. The Kier molecular flexibility index (Phi) is 6.00. The fraction of sp³-hybridized carbons (Fsp3) is 0.316. The molecule has 2 aromatic carbocycles. The summed E-state index contributed by atoms with van der Waals surface area (Å²) in [4.78, 5) is 12.6. The smallest absolute Gasteiger partial charge is 0.263 e. The largest absolute Gasteiger partial charge is 0.494 e. The molecule has 1 N–H and O–H groups in total. The zero-order valence-electron chi connectivity index (χ0n) is 15.5. The molecular formula is C19H21ClN2O5S. The van der Waals surface area contributed by atoms with E-state index in [2.05, 4.69) is 5.32 Å². The van der Waals surface area contributed by atoms with E-state index in [9.17, 15) is 13.2 Å². The highest BCUT2D eigenvalue weighted by Crippen LogP contribution is 2.37. The molecule has 1 unspecified atom stereocenters. The summed E-state index contributed by atoms with van der Waals surface area (Å²) in [5, 5.41) is 3.17. The molecule has 1 heterocycles. The number of ether oxygens (including phenoxy) is 2. The van der Waals surface area contributed by atoms with Crippen LogP contribution in [0.4, 0.5) is 5.69 Å². The van der Waals surface area contributed by atoms with Gasteiger partial charge in [-0.25, -0.2) is 8.42 Å². The Balaban J connectivity index is 1.74. The molecule has 3 rings (SSSR count). The molecule has 28 heavy (non-hydrogen) atoms. The molecule has 1 amide bonds. The van der Waals surface area contributed by atoms with Crippen molar-refractivity contribution in [3.63, 3.8) is 0 Å². The third-order valence-electron chi connectivity index (χ3n) is 4.16. The second-order valence-electron chi connectivity index (χ2n) is 6.31. The van der Waals surface area contributed by atoms with Gasteiger partial charge in [0.05, 0.1) is 25.1 Å². The van der Waals surface area contributed by atoms with E-state index in [0.717, 1.165) is 21.9 Å². The summed E-state index contributed by atoms with van der Waals surface area (Å²) in [5.74, 6) is 0.604. The van der Waals surface area contributed by atoms with Crippen molar-refractivity contribution in [3.8, 4) is 11.5 Å². The van der Waals surface area contributed by atoms with Crippen molar-refractivity contribution >= 4 is 33.2 Å². The van der Waals surface area contributed by atoms with Gasteiger partial charge in [-0.15, -0.1) is 0 Å². The van der Waals surface area contributed by atoms with E-state index in [1.54, 1.807) is 12.1 Å². The summed E-state index contributed by atoms with van der Waals surface area (Å²) in [6, 6.07) is 12.0. The maximum atomic E-state index is 12.6. The van der Waals surface area contributed by atoms with Crippen LogP contribution in [0.3, 0.4) is 0 Å². The first kappa shape index (κ1) is 20.3. The number of hydrogen-bond acceptors (Lipinski definition) is 5. The van der Waals surface area contributed by atoms with Gasteiger partial charge in [-0.1, -0.05) is 23.7 Å². The molecule has 150 valence electrons. The summed E-state index contributed by atoms with van der Waals surface area (Å²) < 4.78 is 36.7. The van der Waals surface area contributed by atoms with Crippen LogP contribution in [0.15, 0.2) is 42.5 Å². The Bertz CT molecular complexity index is 980. The molecule has 0 radical (unpaired) electrons. The van der Waals surface area contributed by atoms with Crippen LogP contribution >= 0.6 is 11.6 Å². The van der Waals surface area contributed by atoms with Crippen molar-refractivity contribution in [3.05, 3.63) is 53.1 Å². The number of carbonyl (C=O) groups excluding carboxylic acids is 1. The first-order chi connectivity index (χ1) is 13.3. The number of fused-ring (bicyclic) bond motifs is 1. The summed E-state index contributed by atoms with van der Waals surface area (Å²) in [6.07, 6.45) is 0.107. The first-order valence-electron chi connectivity index (χ1n) is 8.71. The van der Waals surface area contributed by atoms with Crippen LogP contribution < -0.4 is 19.1 Å². The average molecular weight is 425 g/mol. The number of benzene rings is 2. The number of nitrogens with one attached hydrogen (secondary N) is 1. The molecule has 0 bridgehead atoms. The number of halogens is 1. The molecule has 1 atom stereocenters. The van der Waals surface area contributed by atoms with Crippen LogP contribution in [0, 0.1) is 0 Å². The van der Waals surface area contributed by atoms with E-state index in [1.165, 1.54) is 6.07 Å². The molecule has 7 nitrogen and oxygen atoms in total. The normalized spacial score (nSPS) is 16.1. The topological polar surface area (TPSA) is 84.9 Å².